The third-order valence-corrected chi connectivity index (χ3v) is 3.63. The lowest BCUT2D eigenvalue weighted by atomic mass is 9.79. The Kier molecular flexibility index (Phi) is 5.01. The second kappa shape index (κ2) is 5.84. The van der Waals surface area contributed by atoms with Crippen LogP contribution in [0.15, 0.2) is 18.2 Å². The van der Waals surface area contributed by atoms with Crippen molar-refractivity contribution in [2.75, 3.05) is 6.54 Å². The minimum atomic E-state index is -0.941. The number of rotatable bonds is 3. The molecule has 1 rings (SSSR count). The average molecular weight is 279 g/mol. The third-order valence-electron chi connectivity index (χ3n) is 3.63. The van der Waals surface area contributed by atoms with E-state index in [0.717, 1.165) is 16.7 Å². The van der Waals surface area contributed by atoms with Crippen molar-refractivity contribution in [2.45, 2.75) is 64.6 Å². The van der Waals surface area contributed by atoms with Gasteiger partial charge in [0.2, 0.25) is 0 Å². The fourth-order valence-electron chi connectivity index (χ4n) is 2.04. The molecule has 3 heteroatoms. The van der Waals surface area contributed by atoms with Crippen molar-refractivity contribution in [3.63, 3.8) is 0 Å². The lowest BCUT2D eigenvalue weighted by molar-refractivity contribution is 0.0242. The van der Waals surface area contributed by atoms with Crippen LogP contribution in [-0.2, 0) is 10.8 Å². The number of hydrogen-bond acceptors (Lipinski definition) is 3. The summed E-state index contributed by atoms with van der Waals surface area (Å²) in [5.41, 5.74) is 8.47. The van der Waals surface area contributed by atoms with Crippen molar-refractivity contribution >= 4 is 0 Å². The number of aliphatic hydroxyl groups is 2. The van der Waals surface area contributed by atoms with Gasteiger partial charge in [-0.3, -0.25) is 0 Å². The van der Waals surface area contributed by atoms with Crippen LogP contribution < -0.4 is 5.73 Å². The number of benzene rings is 1. The molecule has 1 aromatic carbocycles. The average Bonchev–Trinajstić information content (AvgIpc) is 2.34. The fourth-order valence-corrected chi connectivity index (χ4v) is 2.04. The van der Waals surface area contributed by atoms with Crippen LogP contribution in [0, 0.1) is 0 Å². The Morgan fingerprint density at radius 1 is 0.900 bits per heavy atom. The van der Waals surface area contributed by atoms with Gasteiger partial charge in [-0.1, -0.05) is 59.7 Å². The van der Waals surface area contributed by atoms with Crippen molar-refractivity contribution in [3.05, 3.63) is 34.9 Å². The van der Waals surface area contributed by atoms with Gasteiger partial charge in [0.05, 0.1) is 6.10 Å². The molecule has 0 saturated carbocycles. The second-order valence-corrected chi connectivity index (χ2v) is 7.59. The number of nitrogens with two attached hydrogens (primary N) is 1. The molecule has 114 valence electrons. The SMILES string of the molecule is CC(C)(C)c1cc(C(O)C(O)CN)cc(C(C)(C)C)c1. The van der Waals surface area contributed by atoms with Crippen molar-refractivity contribution in [2.24, 2.45) is 5.73 Å². The summed E-state index contributed by atoms with van der Waals surface area (Å²) in [6, 6.07) is 6.13. The first-order valence-electron chi connectivity index (χ1n) is 7.19. The van der Waals surface area contributed by atoms with Gasteiger partial charge in [0, 0.05) is 6.54 Å². The molecule has 3 nitrogen and oxygen atoms in total. The van der Waals surface area contributed by atoms with Gasteiger partial charge < -0.3 is 15.9 Å². The predicted octanol–water partition coefficient (Wildman–Crippen LogP) is 2.63. The minimum absolute atomic E-state index is 0.0105. The van der Waals surface area contributed by atoms with Gasteiger partial charge >= 0.3 is 0 Å². The first kappa shape index (κ1) is 17.2. The van der Waals surface area contributed by atoms with E-state index in [9.17, 15) is 10.2 Å². The maximum absolute atomic E-state index is 10.2. The van der Waals surface area contributed by atoms with Crippen LogP contribution in [0.2, 0.25) is 0 Å². The smallest absolute Gasteiger partial charge is 0.106 e. The summed E-state index contributed by atoms with van der Waals surface area (Å²) in [6.07, 6.45) is -1.87. The first-order chi connectivity index (χ1) is 8.96. The van der Waals surface area contributed by atoms with Crippen LogP contribution >= 0.6 is 0 Å². The summed E-state index contributed by atoms with van der Waals surface area (Å²) in [4.78, 5) is 0. The molecular formula is C17H29NO2. The first-order valence-corrected chi connectivity index (χ1v) is 7.19. The molecule has 0 aliphatic carbocycles. The zero-order chi connectivity index (χ0) is 15.7. The van der Waals surface area contributed by atoms with Gasteiger partial charge in [0.1, 0.15) is 6.10 Å². The minimum Gasteiger partial charge on any atom is -0.389 e. The summed E-state index contributed by atoms with van der Waals surface area (Å²) in [7, 11) is 0. The molecule has 0 aliphatic rings. The Labute approximate surface area is 122 Å². The molecule has 0 aromatic heterocycles. The van der Waals surface area contributed by atoms with Crippen molar-refractivity contribution in [1.29, 1.82) is 0 Å². The van der Waals surface area contributed by atoms with Gasteiger partial charge in [-0.25, -0.2) is 0 Å². The van der Waals surface area contributed by atoms with Crippen LogP contribution in [0.1, 0.15) is 64.3 Å². The highest BCUT2D eigenvalue weighted by molar-refractivity contribution is 5.38. The Bertz CT molecular complexity index is 423. The molecular weight excluding hydrogens is 250 g/mol. The summed E-state index contributed by atoms with van der Waals surface area (Å²) in [5.74, 6) is 0. The highest BCUT2D eigenvalue weighted by Gasteiger charge is 2.24. The van der Waals surface area contributed by atoms with E-state index < -0.39 is 12.2 Å². The lowest BCUT2D eigenvalue weighted by Crippen LogP contribution is -2.28. The van der Waals surface area contributed by atoms with Gasteiger partial charge in [-0.2, -0.15) is 0 Å². The summed E-state index contributed by atoms with van der Waals surface area (Å²) < 4.78 is 0. The molecule has 1 aromatic rings. The third kappa shape index (κ3) is 4.05. The van der Waals surface area contributed by atoms with E-state index in [4.69, 9.17) is 5.73 Å². The molecule has 0 amide bonds. The molecule has 0 fully saturated rings. The van der Waals surface area contributed by atoms with Gasteiger partial charge in [0.15, 0.2) is 0 Å². The van der Waals surface area contributed by atoms with E-state index in [1.54, 1.807) is 0 Å². The molecule has 2 atom stereocenters. The van der Waals surface area contributed by atoms with E-state index in [1.165, 1.54) is 0 Å². The van der Waals surface area contributed by atoms with Crippen molar-refractivity contribution < 1.29 is 10.2 Å². The molecule has 2 unspecified atom stereocenters. The van der Waals surface area contributed by atoms with Crippen LogP contribution in [0.3, 0.4) is 0 Å². The second-order valence-electron chi connectivity index (χ2n) is 7.59. The molecule has 0 aliphatic heterocycles. The van der Waals surface area contributed by atoms with Crippen molar-refractivity contribution in [3.8, 4) is 0 Å². The summed E-state index contributed by atoms with van der Waals surface area (Å²) in [5, 5.41) is 20.0. The summed E-state index contributed by atoms with van der Waals surface area (Å²) >= 11 is 0. The predicted molar refractivity (Wildman–Crippen MR) is 83.9 cm³/mol. The lowest BCUT2D eigenvalue weighted by Gasteiger charge is -2.28. The molecule has 20 heavy (non-hydrogen) atoms. The molecule has 0 radical (unpaired) electrons. The van der Waals surface area contributed by atoms with Crippen LogP contribution in [0.5, 0.6) is 0 Å². The Hall–Kier alpha value is -0.900. The van der Waals surface area contributed by atoms with E-state index >= 15 is 0 Å². The van der Waals surface area contributed by atoms with Crippen LogP contribution in [0.4, 0.5) is 0 Å². The zero-order valence-electron chi connectivity index (χ0n) is 13.6. The Morgan fingerprint density at radius 3 is 1.60 bits per heavy atom. The summed E-state index contributed by atoms with van der Waals surface area (Å²) in [6.45, 7) is 12.9. The number of aliphatic hydroxyl groups excluding tert-OH is 2. The van der Waals surface area contributed by atoms with E-state index in [2.05, 4.69) is 47.6 Å². The van der Waals surface area contributed by atoms with Crippen LogP contribution in [0.25, 0.3) is 0 Å². The van der Waals surface area contributed by atoms with Gasteiger partial charge in [-0.15, -0.1) is 0 Å². The van der Waals surface area contributed by atoms with E-state index in [1.807, 2.05) is 12.1 Å². The number of hydrogen-bond donors (Lipinski definition) is 3. The quantitative estimate of drug-likeness (QED) is 0.797. The van der Waals surface area contributed by atoms with Gasteiger partial charge in [0.25, 0.3) is 0 Å². The van der Waals surface area contributed by atoms with E-state index in [-0.39, 0.29) is 17.4 Å². The highest BCUT2D eigenvalue weighted by atomic mass is 16.3. The highest BCUT2D eigenvalue weighted by Crippen LogP contribution is 2.32. The standard InChI is InChI=1S/C17H29NO2/c1-16(2,3)12-7-11(15(20)14(19)10-18)8-13(9-12)17(4,5)6/h7-9,14-15,19-20H,10,18H2,1-6H3. The zero-order valence-corrected chi connectivity index (χ0v) is 13.6. The van der Waals surface area contributed by atoms with E-state index in [0.29, 0.717) is 0 Å². The Morgan fingerprint density at radius 2 is 1.30 bits per heavy atom. The molecule has 0 saturated heterocycles. The van der Waals surface area contributed by atoms with Crippen LogP contribution in [-0.4, -0.2) is 22.9 Å². The Balaban J connectivity index is 3.38. The van der Waals surface area contributed by atoms with Crippen molar-refractivity contribution in [1.82, 2.24) is 0 Å². The topological polar surface area (TPSA) is 66.5 Å². The monoisotopic (exact) mass is 279 g/mol. The van der Waals surface area contributed by atoms with Gasteiger partial charge in [-0.05, 0) is 27.5 Å². The fraction of sp³-hybridized carbons (Fsp3) is 0.647. The maximum Gasteiger partial charge on any atom is 0.106 e. The molecule has 4 N–H and O–H groups in total. The normalized spacial score (nSPS) is 16.1. The molecule has 0 heterocycles. The largest absolute Gasteiger partial charge is 0.389 e. The maximum atomic E-state index is 10.2. The molecule has 0 spiro atoms. The molecule has 0 bridgehead atoms.